The Balaban J connectivity index is 1.87. The van der Waals surface area contributed by atoms with Gasteiger partial charge in [0, 0.05) is 30.2 Å². The van der Waals surface area contributed by atoms with Crippen molar-refractivity contribution in [2.45, 2.75) is 56.7 Å². The van der Waals surface area contributed by atoms with E-state index in [1.807, 2.05) is 18.2 Å². The summed E-state index contributed by atoms with van der Waals surface area (Å²) >= 11 is 0. The normalized spacial score (nSPS) is 35.4. The molecule has 0 spiro atoms. The minimum absolute atomic E-state index is 0.0309. The summed E-state index contributed by atoms with van der Waals surface area (Å²) in [6, 6.07) is 5.53. The second-order valence-corrected chi connectivity index (χ2v) is 8.11. The van der Waals surface area contributed by atoms with Crippen LogP contribution in [-0.4, -0.2) is 47.1 Å². The number of carbonyl (C=O) groups is 2. The lowest BCUT2D eigenvalue weighted by Crippen LogP contribution is -2.72. The third kappa shape index (κ3) is 2.29. The predicted molar refractivity (Wildman–Crippen MR) is 95.5 cm³/mol. The first-order chi connectivity index (χ1) is 12.5. The van der Waals surface area contributed by atoms with Crippen LogP contribution in [0.25, 0.3) is 0 Å². The summed E-state index contributed by atoms with van der Waals surface area (Å²) in [5.74, 6) is -0.184. The summed E-state index contributed by atoms with van der Waals surface area (Å²) in [6.07, 6.45) is 2.32. The molecule has 4 atom stereocenters. The lowest BCUT2D eigenvalue weighted by molar-refractivity contribution is -0.142. The number of piperidine rings is 1. The molecule has 1 aromatic rings. The van der Waals surface area contributed by atoms with Crippen LogP contribution in [0.1, 0.15) is 42.9 Å². The quantitative estimate of drug-likeness (QED) is 0.618. The number of amides is 1. The van der Waals surface area contributed by atoms with Crippen molar-refractivity contribution in [3.05, 3.63) is 34.9 Å². The van der Waals surface area contributed by atoms with Gasteiger partial charge in [-0.15, -0.1) is 0 Å². The Labute approximate surface area is 153 Å². The zero-order chi connectivity index (χ0) is 18.5. The molecule has 2 fully saturated rings. The molecule has 1 aromatic carbocycles. The van der Waals surface area contributed by atoms with Crippen molar-refractivity contribution in [2.24, 2.45) is 5.41 Å². The van der Waals surface area contributed by atoms with Crippen molar-refractivity contribution >= 4 is 11.7 Å². The fourth-order valence-corrected chi connectivity index (χ4v) is 5.77. The largest absolute Gasteiger partial charge is 0.396 e. The molecule has 0 radical (unpaired) electrons. The summed E-state index contributed by atoms with van der Waals surface area (Å²) in [5.41, 5.74) is 2.19. The Kier molecular flexibility index (Phi) is 4.17. The van der Waals surface area contributed by atoms with E-state index in [0.29, 0.717) is 12.8 Å². The molecule has 140 valence electrons. The van der Waals surface area contributed by atoms with Gasteiger partial charge in [0.1, 0.15) is 0 Å². The Morgan fingerprint density at radius 2 is 2.19 bits per heavy atom. The zero-order valence-electron chi connectivity index (χ0n) is 15.0. The number of aliphatic hydroxyl groups excluding tert-OH is 2. The molecular formula is C20H26N2O4. The highest BCUT2D eigenvalue weighted by Crippen LogP contribution is 2.60. The number of Topliss-reactive ketones (excluding diaryl/α,β-unsaturated/α-hetero) is 1. The van der Waals surface area contributed by atoms with Crippen LogP contribution in [-0.2, 0) is 28.0 Å². The third-order valence-electron chi connectivity index (χ3n) is 6.95. The number of fused-ring (bicyclic) bond motifs is 1. The Morgan fingerprint density at radius 1 is 1.38 bits per heavy atom. The van der Waals surface area contributed by atoms with Gasteiger partial charge in [0.25, 0.3) is 0 Å². The van der Waals surface area contributed by atoms with Crippen molar-refractivity contribution in [1.82, 2.24) is 10.6 Å². The first-order valence-corrected chi connectivity index (χ1v) is 9.33. The molecular weight excluding hydrogens is 332 g/mol. The van der Waals surface area contributed by atoms with Crippen molar-refractivity contribution < 1.29 is 19.8 Å². The van der Waals surface area contributed by atoms with E-state index in [0.717, 1.165) is 30.5 Å². The van der Waals surface area contributed by atoms with E-state index in [4.69, 9.17) is 0 Å². The zero-order valence-corrected chi connectivity index (χ0v) is 15.0. The van der Waals surface area contributed by atoms with Gasteiger partial charge in [0.05, 0.1) is 19.3 Å². The van der Waals surface area contributed by atoms with E-state index < -0.39 is 16.9 Å². The first-order valence-electron chi connectivity index (χ1n) is 9.33. The summed E-state index contributed by atoms with van der Waals surface area (Å²) < 4.78 is 0. The molecule has 1 aliphatic heterocycles. The van der Waals surface area contributed by atoms with Crippen LogP contribution in [0.5, 0.6) is 0 Å². The number of ketones is 1. The maximum Gasteiger partial charge on any atom is 0.217 e. The van der Waals surface area contributed by atoms with Gasteiger partial charge >= 0.3 is 0 Å². The minimum Gasteiger partial charge on any atom is -0.396 e. The Bertz CT molecular complexity index is 764. The molecule has 0 unspecified atom stereocenters. The minimum atomic E-state index is -0.544. The van der Waals surface area contributed by atoms with E-state index in [1.54, 1.807) is 0 Å². The Morgan fingerprint density at radius 3 is 2.88 bits per heavy atom. The maximum atomic E-state index is 12.9. The highest BCUT2D eigenvalue weighted by Gasteiger charge is 2.65. The van der Waals surface area contributed by atoms with Gasteiger partial charge in [0.2, 0.25) is 5.91 Å². The van der Waals surface area contributed by atoms with Crippen molar-refractivity contribution in [2.75, 3.05) is 13.2 Å². The second kappa shape index (κ2) is 6.15. The lowest BCUT2D eigenvalue weighted by atomic mass is 9.43. The molecule has 26 heavy (non-hydrogen) atoms. The van der Waals surface area contributed by atoms with Crippen LogP contribution in [0.3, 0.4) is 0 Å². The van der Waals surface area contributed by atoms with Crippen LogP contribution in [0.2, 0.25) is 0 Å². The van der Waals surface area contributed by atoms with Gasteiger partial charge in [-0.05, 0) is 42.5 Å². The van der Waals surface area contributed by atoms with E-state index in [1.165, 1.54) is 12.5 Å². The second-order valence-electron chi connectivity index (χ2n) is 8.11. The fourth-order valence-electron chi connectivity index (χ4n) is 5.77. The standard InChI is InChI=1S/C20H26N2O4/c1-12(25)22-16-8-20(11-24)18-7-14-3-2-13(10-23)6-15(14)19(20,4-5-21-18)9-17(16)26/h2-3,6,16,18,21,23-24H,4-5,7-11H2,1H3,(H,22,25)/t16-,18+,19+,20+/m0/s1. The molecule has 1 saturated heterocycles. The first kappa shape index (κ1) is 17.6. The predicted octanol–water partition coefficient (Wildman–Crippen LogP) is 0.181. The van der Waals surface area contributed by atoms with Gasteiger partial charge in [-0.1, -0.05) is 18.2 Å². The molecule has 6 heteroatoms. The van der Waals surface area contributed by atoms with Gasteiger partial charge in [-0.25, -0.2) is 0 Å². The van der Waals surface area contributed by atoms with Gasteiger partial charge in [-0.3, -0.25) is 9.59 Å². The van der Waals surface area contributed by atoms with Crippen LogP contribution in [0.4, 0.5) is 0 Å². The number of aliphatic hydroxyl groups is 2. The summed E-state index contributed by atoms with van der Waals surface area (Å²) in [4.78, 5) is 24.5. The maximum absolute atomic E-state index is 12.9. The third-order valence-corrected chi connectivity index (χ3v) is 6.95. The Hall–Kier alpha value is -1.76. The monoisotopic (exact) mass is 358 g/mol. The van der Waals surface area contributed by atoms with E-state index in [2.05, 4.69) is 10.6 Å². The molecule has 2 aliphatic carbocycles. The van der Waals surface area contributed by atoms with Crippen molar-refractivity contribution in [3.63, 3.8) is 0 Å². The van der Waals surface area contributed by atoms with Gasteiger partial charge in [0.15, 0.2) is 5.78 Å². The molecule has 1 saturated carbocycles. The average Bonchev–Trinajstić information content (AvgIpc) is 2.61. The van der Waals surface area contributed by atoms with E-state index >= 15 is 0 Å². The summed E-state index contributed by atoms with van der Waals surface area (Å²) in [6.45, 7) is 2.15. The molecule has 4 N–H and O–H groups in total. The molecule has 1 amide bonds. The molecule has 2 bridgehead atoms. The average molecular weight is 358 g/mol. The van der Waals surface area contributed by atoms with Crippen molar-refractivity contribution in [1.29, 1.82) is 0 Å². The number of nitrogens with one attached hydrogen (secondary N) is 2. The number of benzene rings is 1. The number of hydrogen-bond donors (Lipinski definition) is 4. The smallest absolute Gasteiger partial charge is 0.217 e. The molecule has 6 nitrogen and oxygen atoms in total. The summed E-state index contributed by atoms with van der Waals surface area (Å²) in [5, 5.41) is 26.5. The number of rotatable bonds is 3. The summed E-state index contributed by atoms with van der Waals surface area (Å²) in [7, 11) is 0. The van der Waals surface area contributed by atoms with Gasteiger partial charge < -0.3 is 20.8 Å². The number of hydrogen-bond acceptors (Lipinski definition) is 5. The SMILES string of the molecule is CC(=O)N[C@H]1C[C@@]2(CO)[C@H]3Cc4ccc(CO)cc4[C@@]2(CCN3)CC1=O. The van der Waals surface area contributed by atoms with Gasteiger partial charge in [-0.2, -0.15) is 0 Å². The number of carbonyl (C=O) groups excluding carboxylic acids is 2. The topological polar surface area (TPSA) is 98.7 Å². The van der Waals surface area contributed by atoms with Crippen LogP contribution in [0.15, 0.2) is 18.2 Å². The van der Waals surface area contributed by atoms with Crippen molar-refractivity contribution in [3.8, 4) is 0 Å². The fraction of sp³-hybridized carbons (Fsp3) is 0.600. The highest BCUT2D eigenvalue weighted by molar-refractivity contribution is 5.91. The molecule has 3 aliphatic rings. The van der Waals surface area contributed by atoms with Crippen LogP contribution in [0, 0.1) is 5.41 Å². The lowest BCUT2D eigenvalue weighted by Gasteiger charge is -2.64. The molecule has 0 aromatic heterocycles. The highest BCUT2D eigenvalue weighted by atomic mass is 16.3. The van der Waals surface area contributed by atoms with Crippen LogP contribution < -0.4 is 10.6 Å². The van der Waals surface area contributed by atoms with Crippen LogP contribution >= 0.6 is 0 Å². The molecule has 4 rings (SSSR count). The van der Waals surface area contributed by atoms with E-state index in [9.17, 15) is 19.8 Å². The molecule has 1 heterocycles. The van der Waals surface area contributed by atoms with E-state index in [-0.39, 0.29) is 30.9 Å².